The Morgan fingerprint density at radius 1 is 1.43 bits per heavy atom. The first-order chi connectivity index (χ1) is 14.4. The average Bonchev–Trinajstić information content (AvgIpc) is 2.96. The van der Waals surface area contributed by atoms with Crippen molar-refractivity contribution >= 4 is 11.9 Å². The molecule has 0 saturated carbocycles. The quantitative estimate of drug-likeness (QED) is 0.184. The van der Waals surface area contributed by atoms with Crippen LogP contribution in [0.1, 0.15) is 45.3 Å². The van der Waals surface area contributed by atoms with Crippen LogP contribution in [0.4, 0.5) is 10.6 Å². The molecular formula is C17H26N6O7. The number of hydrogen-bond acceptors (Lipinski definition) is 9. The van der Waals surface area contributed by atoms with Crippen LogP contribution in [0, 0.1) is 0 Å². The van der Waals surface area contributed by atoms with Crippen LogP contribution in [-0.4, -0.2) is 62.1 Å². The molecule has 13 heteroatoms. The number of unbranched alkanes of at least 4 members (excludes halogenated alkanes) is 4. The normalized spacial score (nSPS) is 25.5. The van der Waals surface area contributed by atoms with Crippen LogP contribution >= 0.6 is 0 Å². The number of azide groups is 1. The molecule has 1 aliphatic rings. The van der Waals surface area contributed by atoms with Gasteiger partial charge in [-0.15, -0.1) is 0 Å². The molecule has 0 aromatic carbocycles. The molecule has 0 radical (unpaired) electrons. The molecule has 13 nitrogen and oxygen atoms in total. The lowest BCUT2D eigenvalue weighted by atomic mass is 10.1. The van der Waals surface area contributed by atoms with Crippen LogP contribution in [0.2, 0.25) is 0 Å². The number of aliphatic hydroxyl groups is 3. The van der Waals surface area contributed by atoms with E-state index in [0.717, 1.165) is 36.7 Å². The van der Waals surface area contributed by atoms with Crippen molar-refractivity contribution in [2.24, 2.45) is 5.11 Å². The summed E-state index contributed by atoms with van der Waals surface area (Å²) in [7, 11) is 0. The van der Waals surface area contributed by atoms with E-state index in [9.17, 15) is 24.9 Å². The Labute approximate surface area is 171 Å². The molecule has 2 heterocycles. The Morgan fingerprint density at radius 2 is 2.17 bits per heavy atom. The van der Waals surface area contributed by atoms with Crippen LogP contribution in [-0.2, 0) is 9.47 Å². The maximum atomic E-state index is 12.3. The number of carbonyl (C=O) groups is 1. The Hall–Kier alpha value is -2.70. The molecule has 30 heavy (non-hydrogen) atoms. The van der Waals surface area contributed by atoms with E-state index in [1.807, 2.05) is 0 Å². The van der Waals surface area contributed by atoms with Gasteiger partial charge < -0.3 is 24.8 Å². The molecule has 0 bridgehead atoms. The van der Waals surface area contributed by atoms with E-state index in [4.69, 9.17) is 15.0 Å². The first-order valence-corrected chi connectivity index (χ1v) is 9.62. The monoisotopic (exact) mass is 426 g/mol. The molecule has 1 saturated heterocycles. The van der Waals surface area contributed by atoms with Crippen molar-refractivity contribution in [2.45, 2.75) is 63.2 Å². The van der Waals surface area contributed by atoms with Crippen molar-refractivity contribution < 1.29 is 29.6 Å². The van der Waals surface area contributed by atoms with Crippen LogP contribution in [0.3, 0.4) is 0 Å². The first-order valence-electron chi connectivity index (χ1n) is 9.62. The zero-order valence-electron chi connectivity index (χ0n) is 16.5. The molecule has 1 amide bonds. The lowest BCUT2D eigenvalue weighted by Crippen LogP contribution is -2.44. The number of aliphatic hydroxyl groups excluding tert-OH is 3. The molecule has 1 aromatic rings. The van der Waals surface area contributed by atoms with Gasteiger partial charge in [-0.25, -0.2) is 9.59 Å². The molecule has 2 rings (SSSR count). The van der Waals surface area contributed by atoms with Crippen molar-refractivity contribution in [3.8, 4) is 0 Å². The summed E-state index contributed by atoms with van der Waals surface area (Å²) >= 11 is 0. The van der Waals surface area contributed by atoms with Gasteiger partial charge in [-0.1, -0.05) is 37.7 Å². The maximum absolute atomic E-state index is 12.3. The van der Waals surface area contributed by atoms with Gasteiger partial charge in [0.2, 0.25) is 5.72 Å². The average molecular weight is 426 g/mol. The second kappa shape index (κ2) is 10.9. The fourth-order valence-electron chi connectivity index (χ4n) is 3.00. The fraction of sp³-hybridized carbons (Fsp3) is 0.706. The number of nitrogens with one attached hydrogen (secondary N) is 1. The van der Waals surface area contributed by atoms with Crippen LogP contribution in [0.5, 0.6) is 0 Å². The molecule has 4 N–H and O–H groups in total. The number of carbonyl (C=O) groups excluding carboxylic acids is 1. The molecule has 4 atom stereocenters. The van der Waals surface area contributed by atoms with E-state index >= 15 is 0 Å². The number of ether oxygens (including phenoxy) is 2. The van der Waals surface area contributed by atoms with Crippen LogP contribution in [0.15, 0.2) is 22.2 Å². The van der Waals surface area contributed by atoms with Crippen molar-refractivity contribution in [1.29, 1.82) is 0 Å². The highest BCUT2D eigenvalue weighted by atomic mass is 16.6. The van der Waals surface area contributed by atoms with Crippen LogP contribution < -0.4 is 11.0 Å². The topological polar surface area (TPSA) is 192 Å². The molecule has 0 aliphatic carbocycles. The third-order valence-corrected chi connectivity index (χ3v) is 4.66. The summed E-state index contributed by atoms with van der Waals surface area (Å²) in [6.45, 7) is 1.43. The van der Waals surface area contributed by atoms with Gasteiger partial charge in [0.25, 0.3) is 0 Å². The number of nitrogens with zero attached hydrogens (tertiary/aromatic N) is 5. The predicted molar refractivity (Wildman–Crippen MR) is 103 cm³/mol. The Morgan fingerprint density at radius 3 is 2.80 bits per heavy atom. The van der Waals surface area contributed by atoms with E-state index in [1.54, 1.807) is 0 Å². The molecule has 166 valence electrons. The number of rotatable bonds is 10. The third-order valence-electron chi connectivity index (χ3n) is 4.66. The fourth-order valence-corrected chi connectivity index (χ4v) is 3.00. The second-order valence-electron chi connectivity index (χ2n) is 6.81. The zero-order valence-corrected chi connectivity index (χ0v) is 16.5. The third kappa shape index (κ3) is 5.46. The zero-order chi connectivity index (χ0) is 22.1. The van der Waals surface area contributed by atoms with E-state index in [-0.39, 0.29) is 12.4 Å². The molecule has 1 aliphatic heterocycles. The highest BCUT2D eigenvalue weighted by Gasteiger charge is 2.54. The number of aromatic nitrogens is 2. The largest absolute Gasteiger partial charge is 0.449 e. The summed E-state index contributed by atoms with van der Waals surface area (Å²) in [5, 5.41) is 35.2. The van der Waals surface area contributed by atoms with Gasteiger partial charge >= 0.3 is 11.8 Å². The van der Waals surface area contributed by atoms with Crippen molar-refractivity contribution in [3.63, 3.8) is 0 Å². The minimum atomic E-state index is -2.14. The Kier molecular flexibility index (Phi) is 8.57. The molecule has 3 unspecified atom stereocenters. The minimum Gasteiger partial charge on any atom is -0.449 e. The Balaban J connectivity index is 1.99. The molecular weight excluding hydrogens is 400 g/mol. The minimum absolute atomic E-state index is 0.0799. The van der Waals surface area contributed by atoms with E-state index in [0.29, 0.717) is 0 Å². The van der Waals surface area contributed by atoms with E-state index in [2.05, 4.69) is 27.3 Å². The van der Waals surface area contributed by atoms with Gasteiger partial charge in [-0.05, 0) is 18.0 Å². The lowest BCUT2D eigenvalue weighted by Gasteiger charge is -2.23. The van der Waals surface area contributed by atoms with Crippen molar-refractivity contribution in [2.75, 3.05) is 18.5 Å². The number of hydrogen-bond donors (Lipinski definition) is 4. The van der Waals surface area contributed by atoms with E-state index < -0.39 is 42.6 Å². The van der Waals surface area contributed by atoms with Gasteiger partial charge in [0.05, 0.1) is 13.2 Å². The SMILES string of the molecule is CCCCCCCOC(=O)Nc1ccn([C@@H]2OC(CO)(N=[N+]=[N-])C(O)C2O)c(=O)n1. The number of anilines is 1. The maximum Gasteiger partial charge on any atom is 0.412 e. The molecule has 1 fully saturated rings. The number of amides is 1. The highest BCUT2D eigenvalue weighted by Crippen LogP contribution is 2.37. The van der Waals surface area contributed by atoms with Gasteiger partial charge in [0.15, 0.2) is 6.23 Å². The summed E-state index contributed by atoms with van der Waals surface area (Å²) < 4.78 is 11.1. The molecule has 0 spiro atoms. The lowest BCUT2D eigenvalue weighted by molar-refractivity contribution is -0.125. The summed E-state index contributed by atoms with van der Waals surface area (Å²) in [4.78, 5) is 30.2. The Bertz CT molecular complexity index is 827. The van der Waals surface area contributed by atoms with Crippen molar-refractivity contribution in [1.82, 2.24) is 9.55 Å². The second-order valence-corrected chi connectivity index (χ2v) is 6.81. The smallest absolute Gasteiger partial charge is 0.412 e. The predicted octanol–water partition coefficient (Wildman–Crippen LogP) is 1.01. The van der Waals surface area contributed by atoms with Gasteiger partial charge in [-0.2, -0.15) is 4.98 Å². The molecule has 1 aromatic heterocycles. The van der Waals surface area contributed by atoms with Gasteiger partial charge in [-0.3, -0.25) is 9.88 Å². The van der Waals surface area contributed by atoms with Gasteiger partial charge in [0, 0.05) is 11.1 Å². The summed E-state index contributed by atoms with van der Waals surface area (Å²) in [6, 6.07) is 1.26. The van der Waals surface area contributed by atoms with E-state index in [1.165, 1.54) is 12.3 Å². The summed E-state index contributed by atoms with van der Waals surface area (Å²) in [6.07, 6.45) is 0.488. The van der Waals surface area contributed by atoms with Gasteiger partial charge in [0.1, 0.15) is 18.0 Å². The summed E-state index contributed by atoms with van der Waals surface area (Å²) in [5.41, 5.74) is 5.55. The first kappa shape index (κ1) is 23.6. The standard InChI is InChI=1S/C17H26N6O7/c1-2-3-4-5-6-9-29-16(28)20-11-7-8-23(15(27)19-11)14-12(25)13(26)17(10-24,30-14)21-22-18/h7-8,12-14,24-26H,2-6,9-10H2,1H3,(H,19,20,27,28)/t12?,13?,14-,17?/m1/s1. The highest BCUT2D eigenvalue weighted by molar-refractivity contribution is 5.83. The summed E-state index contributed by atoms with van der Waals surface area (Å²) in [5.74, 6) is -0.0799. The van der Waals surface area contributed by atoms with Crippen molar-refractivity contribution in [3.05, 3.63) is 33.2 Å². The van der Waals surface area contributed by atoms with Crippen LogP contribution in [0.25, 0.3) is 10.4 Å².